The third-order valence-electron chi connectivity index (χ3n) is 5.93. The molecule has 1 aromatic carbocycles. The van der Waals surface area contributed by atoms with Gasteiger partial charge in [-0.3, -0.25) is 9.69 Å². The van der Waals surface area contributed by atoms with Crippen molar-refractivity contribution in [2.75, 3.05) is 25.0 Å². The largest absolute Gasteiger partial charge is 0.325 e. The Morgan fingerprint density at radius 3 is 2.45 bits per heavy atom. The van der Waals surface area contributed by atoms with Crippen LogP contribution < -0.4 is 5.32 Å². The minimum absolute atomic E-state index is 0.0652. The van der Waals surface area contributed by atoms with Crippen LogP contribution in [-0.4, -0.2) is 55.2 Å². The minimum Gasteiger partial charge on any atom is -0.325 e. The highest BCUT2D eigenvalue weighted by Gasteiger charge is 2.29. The van der Waals surface area contributed by atoms with Crippen LogP contribution in [0.1, 0.15) is 58.8 Å². The topological polar surface area (TPSA) is 69.7 Å². The molecule has 6 nitrogen and oxygen atoms in total. The van der Waals surface area contributed by atoms with Crippen molar-refractivity contribution >= 4 is 33.2 Å². The van der Waals surface area contributed by atoms with Gasteiger partial charge in [0.15, 0.2) is 0 Å². The molecule has 1 saturated heterocycles. The van der Waals surface area contributed by atoms with Gasteiger partial charge in [-0.1, -0.05) is 30.9 Å². The molecule has 0 aromatic heterocycles. The molecule has 0 atom stereocenters. The first-order chi connectivity index (χ1) is 13.8. The predicted octanol–water partition coefficient (Wildman–Crippen LogP) is 4.11. The molecule has 1 N–H and O–H groups in total. The Kier molecular flexibility index (Phi) is 7.59. The highest BCUT2D eigenvalue weighted by atomic mass is 35.5. The Hall–Kier alpha value is -1.15. The molecule has 1 amide bonds. The number of piperidine rings is 1. The number of anilines is 1. The lowest BCUT2D eigenvalue weighted by molar-refractivity contribution is -0.118. The number of benzene rings is 1. The van der Waals surface area contributed by atoms with E-state index in [9.17, 15) is 13.2 Å². The number of halogens is 1. The number of nitrogens with zero attached hydrogens (tertiary/aromatic N) is 2. The van der Waals surface area contributed by atoms with Crippen LogP contribution in [0.25, 0.3) is 0 Å². The maximum Gasteiger partial charge on any atom is 0.244 e. The molecule has 0 spiro atoms. The lowest BCUT2D eigenvalue weighted by Crippen LogP contribution is -2.43. The Morgan fingerprint density at radius 1 is 1.17 bits per heavy atom. The lowest BCUT2D eigenvalue weighted by Gasteiger charge is -2.31. The van der Waals surface area contributed by atoms with Crippen LogP contribution >= 0.6 is 11.6 Å². The molecule has 162 valence electrons. The van der Waals surface area contributed by atoms with Crippen LogP contribution in [0.2, 0.25) is 5.02 Å². The molecule has 3 rings (SSSR count). The number of hydrogen-bond acceptors (Lipinski definition) is 4. The summed E-state index contributed by atoms with van der Waals surface area (Å²) in [5.74, 6) is -0.130. The average molecular weight is 442 g/mol. The van der Waals surface area contributed by atoms with Crippen molar-refractivity contribution in [3.05, 3.63) is 23.2 Å². The lowest BCUT2D eigenvalue weighted by atomic mass is 10.1. The van der Waals surface area contributed by atoms with Crippen molar-refractivity contribution in [1.29, 1.82) is 0 Å². The number of rotatable bonds is 7. The van der Waals surface area contributed by atoms with Crippen LogP contribution in [0.15, 0.2) is 23.1 Å². The standard InChI is InChI=1S/C21H32ClN3O3S/c1-16(2)25(18-8-4-5-9-18)15-21(26)23-17-10-11-19(22)20(14-17)29(27,28)24-12-6-3-7-13-24/h10-11,14,16,18H,3-9,12-13,15H2,1-2H3,(H,23,26). The number of sulfonamides is 1. The van der Waals surface area contributed by atoms with Crippen molar-refractivity contribution < 1.29 is 13.2 Å². The molecule has 2 fully saturated rings. The number of carbonyl (C=O) groups is 1. The molecular formula is C21H32ClN3O3S. The molecule has 1 heterocycles. The first kappa shape index (κ1) is 22.5. The Morgan fingerprint density at radius 2 is 1.83 bits per heavy atom. The number of nitrogens with one attached hydrogen (secondary N) is 1. The summed E-state index contributed by atoms with van der Waals surface area (Å²) in [6, 6.07) is 5.42. The van der Waals surface area contributed by atoms with Crippen LogP contribution in [0.3, 0.4) is 0 Å². The summed E-state index contributed by atoms with van der Waals surface area (Å²) >= 11 is 6.22. The van der Waals surface area contributed by atoms with E-state index in [-0.39, 0.29) is 21.9 Å². The zero-order chi connectivity index (χ0) is 21.0. The van der Waals surface area contributed by atoms with Crippen LogP contribution in [0.5, 0.6) is 0 Å². The van der Waals surface area contributed by atoms with Gasteiger partial charge in [-0.2, -0.15) is 4.31 Å². The summed E-state index contributed by atoms with van der Waals surface area (Å²) in [5.41, 5.74) is 0.463. The van der Waals surface area contributed by atoms with E-state index < -0.39 is 10.0 Å². The Bertz CT molecular complexity index is 816. The zero-order valence-corrected chi connectivity index (χ0v) is 18.9. The van der Waals surface area contributed by atoms with E-state index in [0.29, 0.717) is 31.4 Å². The fourth-order valence-corrected chi connectivity index (χ4v) is 6.38. The number of amides is 1. The summed E-state index contributed by atoms with van der Waals surface area (Å²) in [6.45, 7) is 5.55. The van der Waals surface area contributed by atoms with Gasteiger partial charge >= 0.3 is 0 Å². The van der Waals surface area contributed by atoms with E-state index in [4.69, 9.17) is 11.6 Å². The SMILES string of the molecule is CC(C)N(CC(=O)Nc1ccc(Cl)c(S(=O)(=O)N2CCCCC2)c1)C1CCCC1. The van der Waals surface area contributed by atoms with Gasteiger partial charge in [-0.15, -0.1) is 0 Å². The van der Waals surface area contributed by atoms with Crippen molar-refractivity contribution in [2.24, 2.45) is 0 Å². The van der Waals surface area contributed by atoms with Gasteiger partial charge in [-0.05, 0) is 57.7 Å². The third kappa shape index (κ3) is 5.51. The van der Waals surface area contributed by atoms with Crippen molar-refractivity contribution in [3.8, 4) is 0 Å². The van der Waals surface area contributed by atoms with E-state index in [0.717, 1.165) is 32.1 Å². The van der Waals surface area contributed by atoms with Crippen LogP contribution in [-0.2, 0) is 14.8 Å². The summed E-state index contributed by atoms with van der Waals surface area (Å²) in [6.07, 6.45) is 7.45. The maximum absolute atomic E-state index is 13.0. The second-order valence-electron chi connectivity index (χ2n) is 8.36. The zero-order valence-electron chi connectivity index (χ0n) is 17.4. The van der Waals surface area contributed by atoms with Gasteiger partial charge in [0, 0.05) is 30.9 Å². The quantitative estimate of drug-likeness (QED) is 0.691. The average Bonchev–Trinajstić information content (AvgIpc) is 3.22. The number of carbonyl (C=O) groups excluding carboxylic acids is 1. The summed E-state index contributed by atoms with van der Waals surface area (Å²) in [5, 5.41) is 3.05. The molecule has 1 saturated carbocycles. The molecule has 29 heavy (non-hydrogen) atoms. The molecule has 1 aliphatic carbocycles. The Balaban J connectivity index is 1.72. The van der Waals surface area contributed by atoms with E-state index in [1.165, 1.54) is 23.2 Å². The first-order valence-electron chi connectivity index (χ1n) is 10.6. The second-order valence-corrected chi connectivity index (χ2v) is 10.7. The molecule has 0 radical (unpaired) electrons. The fourth-order valence-electron chi connectivity index (χ4n) is 4.36. The third-order valence-corrected chi connectivity index (χ3v) is 8.31. The molecule has 1 aliphatic heterocycles. The van der Waals surface area contributed by atoms with Crippen molar-refractivity contribution in [1.82, 2.24) is 9.21 Å². The van der Waals surface area contributed by atoms with Gasteiger partial charge in [-0.25, -0.2) is 8.42 Å². The smallest absolute Gasteiger partial charge is 0.244 e. The summed E-state index contributed by atoms with van der Waals surface area (Å²) < 4.78 is 27.5. The fraction of sp³-hybridized carbons (Fsp3) is 0.667. The minimum atomic E-state index is -3.66. The summed E-state index contributed by atoms with van der Waals surface area (Å²) in [4.78, 5) is 15.0. The summed E-state index contributed by atoms with van der Waals surface area (Å²) in [7, 11) is -3.66. The molecule has 2 aliphatic rings. The second kappa shape index (κ2) is 9.77. The predicted molar refractivity (Wildman–Crippen MR) is 117 cm³/mol. The van der Waals surface area contributed by atoms with Gasteiger partial charge < -0.3 is 5.32 Å². The first-order valence-corrected chi connectivity index (χ1v) is 12.5. The van der Waals surface area contributed by atoms with Crippen molar-refractivity contribution in [3.63, 3.8) is 0 Å². The normalized spacial score (nSPS) is 19.2. The highest BCUT2D eigenvalue weighted by molar-refractivity contribution is 7.89. The van der Waals surface area contributed by atoms with Crippen LogP contribution in [0.4, 0.5) is 5.69 Å². The molecule has 8 heteroatoms. The van der Waals surface area contributed by atoms with E-state index in [1.54, 1.807) is 12.1 Å². The maximum atomic E-state index is 13.0. The van der Waals surface area contributed by atoms with Gasteiger partial charge in [0.2, 0.25) is 15.9 Å². The highest BCUT2D eigenvalue weighted by Crippen LogP contribution is 2.30. The van der Waals surface area contributed by atoms with E-state index in [1.807, 2.05) is 0 Å². The van der Waals surface area contributed by atoms with Gasteiger partial charge in [0.05, 0.1) is 11.6 Å². The van der Waals surface area contributed by atoms with Gasteiger partial charge in [0.1, 0.15) is 4.90 Å². The van der Waals surface area contributed by atoms with Crippen molar-refractivity contribution in [2.45, 2.75) is 75.8 Å². The Labute approximate surface area is 179 Å². The molecule has 1 aromatic rings. The van der Waals surface area contributed by atoms with Gasteiger partial charge in [0.25, 0.3) is 0 Å². The van der Waals surface area contributed by atoms with Crippen LogP contribution in [0, 0.1) is 0 Å². The molecule has 0 bridgehead atoms. The van der Waals surface area contributed by atoms with E-state index in [2.05, 4.69) is 24.1 Å². The van der Waals surface area contributed by atoms with E-state index >= 15 is 0 Å². The monoisotopic (exact) mass is 441 g/mol. The molecular weight excluding hydrogens is 410 g/mol. The number of hydrogen-bond donors (Lipinski definition) is 1. The molecule has 0 unspecified atom stereocenters.